The number of nitrogens with zero attached hydrogens (tertiary/aromatic N) is 1. The zero-order valence-electron chi connectivity index (χ0n) is 12.7. The molecule has 0 bridgehead atoms. The molecule has 1 aliphatic heterocycles. The maximum atomic E-state index is 12.4. The largest absolute Gasteiger partial charge is 0.497 e. The van der Waals surface area contributed by atoms with Crippen LogP contribution < -0.4 is 15.2 Å². The van der Waals surface area contributed by atoms with Gasteiger partial charge in [-0.05, 0) is 37.1 Å². The Morgan fingerprint density at radius 1 is 1.57 bits per heavy atom. The summed E-state index contributed by atoms with van der Waals surface area (Å²) < 4.78 is 10.9. The topological polar surface area (TPSA) is 64.8 Å². The number of carbonyl (C=O) groups excluding carboxylic acids is 1. The Morgan fingerprint density at radius 2 is 2.29 bits per heavy atom. The van der Waals surface area contributed by atoms with Gasteiger partial charge in [-0.15, -0.1) is 12.4 Å². The van der Waals surface area contributed by atoms with E-state index in [9.17, 15) is 4.79 Å². The number of nitrogens with two attached hydrogens (primary N) is 1. The summed E-state index contributed by atoms with van der Waals surface area (Å²) in [6.45, 7) is 2.82. The minimum absolute atomic E-state index is 0. The summed E-state index contributed by atoms with van der Waals surface area (Å²) in [5, 5.41) is 0. The molecule has 2 rings (SSSR count). The highest BCUT2D eigenvalue weighted by molar-refractivity contribution is 5.85. The molecule has 2 atom stereocenters. The number of hydrogen-bond acceptors (Lipinski definition) is 4. The van der Waals surface area contributed by atoms with Gasteiger partial charge in [0.25, 0.3) is 0 Å². The lowest BCUT2D eigenvalue weighted by Gasteiger charge is -2.31. The first-order valence-electron chi connectivity index (χ1n) is 6.83. The van der Waals surface area contributed by atoms with Crippen molar-refractivity contribution in [3.63, 3.8) is 0 Å². The summed E-state index contributed by atoms with van der Waals surface area (Å²) >= 11 is 0. The fraction of sp³-hybridized carbons (Fsp3) is 0.533. The number of amides is 1. The third-order valence-electron chi connectivity index (χ3n) is 3.87. The number of hydrogen-bond donors (Lipinski definition) is 1. The highest BCUT2D eigenvalue weighted by Gasteiger charge is 2.29. The molecule has 0 fully saturated rings. The summed E-state index contributed by atoms with van der Waals surface area (Å²) in [6.07, 6.45) is 0.674. The second-order valence-electron chi connectivity index (χ2n) is 5.22. The molecular weight excluding hydrogens is 292 g/mol. The highest BCUT2D eigenvalue weighted by Crippen LogP contribution is 2.31. The molecule has 1 aromatic carbocycles. The first-order valence-corrected chi connectivity index (χ1v) is 6.83. The van der Waals surface area contributed by atoms with Crippen molar-refractivity contribution in [2.75, 3.05) is 27.3 Å². The molecule has 6 heteroatoms. The maximum absolute atomic E-state index is 12.4. The van der Waals surface area contributed by atoms with E-state index in [0.717, 1.165) is 17.1 Å². The zero-order valence-corrected chi connectivity index (χ0v) is 13.5. The first-order chi connectivity index (χ1) is 9.56. The SMILES string of the molecule is COc1ccc2c(c1)CC(C(=O)N(C)C(C)CN)CO2.Cl. The third-order valence-corrected chi connectivity index (χ3v) is 3.87. The molecule has 1 aromatic rings. The van der Waals surface area contributed by atoms with Crippen molar-refractivity contribution in [2.24, 2.45) is 11.7 Å². The molecule has 1 heterocycles. The number of benzene rings is 1. The average molecular weight is 315 g/mol. The third kappa shape index (κ3) is 3.80. The van der Waals surface area contributed by atoms with Crippen LogP contribution in [0.2, 0.25) is 0 Å². The van der Waals surface area contributed by atoms with E-state index in [-0.39, 0.29) is 30.3 Å². The van der Waals surface area contributed by atoms with Crippen LogP contribution in [0.4, 0.5) is 0 Å². The molecule has 0 aromatic heterocycles. The lowest BCUT2D eigenvalue weighted by Crippen LogP contribution is -2.45. The molecule has 0 saturated carbocycles. The molecule has 0 radical (unpaired) electrons. The molecule has 21 heavy (non-hydrogen) atoms. The minimum Gasteiger partial charge on any atom is -0.497 e. The quantitative estimate of drug-likeness (QED) is 0.914. The molecule has 0 saturated heterocycles. The number of carbonyl (C=O) groups is 1. The highest BCUT2D eigenvalue weighted by atomic mass is 35.5. The van der Waals surface area contributed by atoms with Crippen LogP contribution in [0.25, 0.3) is 0 Å². The molecule has 0 aliphatic carbocycles. The van der Waals surface area contributed by atoms with Crippen LogP contribution in [-0.2, 0) is 11.2 Å². The molecule has 0 spiro atoms. The molecule has 2 N–H and O–H groups in total. The van der Waals surface area contributed by atoms with E-state index in [1.165, 1.54) is 0 Å². The Kier molecular flexibility index (Phi) is 6.30. The maximum Gasteiger partial charge on any atom is 0.229 e. The number of likely N-dealkylation sites (N-methyl/N-ethyl adjacent to an activating group) is 1. The molecule has 118 valence electrons. The summed E-state index contributed by atoms with van der Waals surface area (Å²) in [5.41, 5.74) is 6.63. The van der Waals surface area contributed by atoms with Gasteiger partial charge in [-0.3, -0.25) is 4.79 Å². The van der Waals surface area contributed by atoms with Crippen LogP contribution in [0.15, 0.2) is 18.2 Å². The van der Waals surface area contributed by atoms with Gasteiger partial charge in [0.15, 0.2) is 0 Å². The van der Waals surface area contributed by atoms with Crippen molar-refractivity contribution >= 4 is 18.3 Å². The Morgan fingerprint density at radius 3 is 2.90 bits per heavy atom. The predicted octanol–water partition coefficient (Wildman–Crippen LogP) is 1.47. The van der Waals surface area contributed by atoms with Gasteiger partial charge in [-0.1, -0.05) is 0 Å². The van der Waals surface area contributed by atoms with E-state index < -0.39 is 0 Å². The number of fused-ring (bicyclic) bond motifs is 1. The fourth-order valence-electron chi connectivity index (χ4n) is 2.32. The van der Waals surface area contributed by atoms with Crippen molar-refractivity contribution in [3.8, 4) is 11.5 Å². The van der Waals surface area contributed by atoms with E-state index in [0.29, 0.717) is 19.6 Å². The summed E-state index contributed by atoms with van der Waals surface area (Å²) in [6, 6.07) is 5.72. The van der Waals surface area contributed by atoms with E-state index in [2.05, 4.69) is 0 Å². The second kappa shape index (κ2) is 7.52. The van der Waals surface area contributed by atoms with Crippen LogP contribution in [0.1, 0.15) is 12.5 Å². The normalized spacial score (nSPS) is 17.8. The minimum atomic E-state index is -0.159. The van der Waals surface area contributed by atoms with E-state index >= 15 is 0 Å². The number of rotatable bonds is 4. The van der Waals surface area contributed by atoms with Gasteiger partial charge < -0.3 is 20.1 Å². The van der Waals surface area contributed by atoms with Crippen molar-refractivity contribution < 1.29 is 14.3 Å². The van der Waals surface area contributed by atoms with Gasteiger partial charge in [-0.25, -0.2) is 0 Å². The molecule has 1 amide bonds. The van der Waals surface area contributed by atoms with Gasteiger partial charge in [0.1, 0.15) is 18.1 Å². The summed E-state index contributed by atoms with van der Waals surface area (Å²) in [4.78, 5) is 14.1. The van der Waals surface area contributed by atoms with Crippen LogP contribution in [-0.4, -0.2) is 44.2 Å². The number of methoxy groups -OCH3 is 1. The summed E-state index contributed by atoms with van der Waals surface area (Å²) in [7, 11) is 3.42. The van der Waals surface area contributed by atoms with Gasteiger partial charge in [0, 0.05) is 19.6 Å². The Balaban J connectivity index is 0.00000220. The van der Waals surface area contributed by atoms with Crippen LogP contribution in [0.3, 0.4) is 0 Å². The molecule has 2 unspecified atom stereocenters. The van der Waals surface area contributed by atoms with E-state index in [1.54, 1.807) is 19.1 Å². The van der Waals surface area contributed by atoms with E-state index in [1.807, 2.05) is 25.1 Å². The average Bonchev–Trinajstić information content (AvgIpc) is 2.51. The number of ether oxygens (including phenoxy) is 2. The summed E-state index contributed by atoms with van der Waals surface area (Å²) in [5.74, 6) is 1.54. The lowest BCUT2D eigenvalue weighted by molar-refractivity contribution is -0.137. The monoisotopic (exact) mass is 314 g/mol. The lowest BCUT2D eigenvalue weighted by atomic mass is 9.95. The fourth-order valence-corrected chi connectivity index (χ4v) is 2.32. The standard InChI is InChI=1S/C15H22N2O3.ClH/c1-10(8-16)17(2)15(18)12-6-11-7-13(19-3)4-5-14(11)20-9-12;/h4-5,7,10,12H,6,8-9,16H2,1-3H3;1H. The van der Waals surface area contributed by atoms with Gasteiger partial charge in [-0.2, -0.15) is 0 Å². The molecule has 1 aliphatic rings. The second-order valence-corrected chi connectivity index (χ2v) is 5.22. The van der Waals surface area contributed by atoms with Crippen LogP contribution >= 0.6 is 12.4 Å². The van der Waals surface area contributed by atoms with Crippen molar-refractivity contribution in [1.82, 2.24) is 4.90 Å². The van der Waals surface area contributed by atoms with Crippen molar-refractivity contribution in [1.29, 1.82) is 0 Å². The van der Waals surface area contributed by atoms with Gasteiger partial charge in [0.2, 0.25) is 5.91 Å². The van der Waals surface area contributed by atoms with Gasteiger partial charge in [0.05, 0.1) is 13.0 Å². The Bertz CT molecular complexity index is 496. The zero-order chi connectivity index (χ0) is 14.7. The van der Waals surface area contributed by atoms with Gasteiger partial charge >= 0.3 is 0 Å². The number of halogens is 1. The van der Waals surface area contributed by atoms with Crippen molar-refractivity contribution in [3.05, 3.63) is 23.8 Å². The smallest absolute Gasteiger partial charge is 0.229 e. The van der Waals surface area contributed by atoms with Crippen molar-refractivity contribution in [2.45, 2.75) is 19.4 Å². The first kappa shape index (κ1) is 17.6. The predicted molar refractivity (Wildman–Crippen MR) is 84.2 cm³/mol. The van der Waals surface area contributed by atoms with Crippen LogP contribution in [0.5, 0.6) is 11.5 Å². The van der Waals surface area contributed by atoms with Crippen LogP contribution in [0, 0.1) is 5.92 Å². The van der Waals surface area contributed by atoms with E-state index in [4.69, 9.17) is 15.2 Å². The Labute approximate surface area is 131 Å². The molecular formula is C15H23ClN2O3. The molecule has 5 nitrogen and oxygen atoms in total. The Hall–Kier alpha value is -1.46.